The lowest BCUT2D eigenvalue weighted by Crippen LogP contribution is -2.16. The first-order chi connectivity index (χ1) is 12.2. The molecule has 5 nitrogen and oxygen atoms in total. The molecule has 0 radical (unpaired) electrons. The van der Waals surface area contributed by atoms with Gasteiger partial charge in [-0.25, -0.2) is 4.52 Å². The largest absolute Gasteiger partial charge is 0.305 e. The molecular weight excluding hydrogens is 312 g/mol. The van der Waals surface area contributed by atoms with Gasteiger partial charge in [-0.05, 0) is 12.5 Å². The van der Waals surface area contributed by atoms with Gasteiger partial charge in [0, 0.05) is 11.1 Å². The second kappa shape index (κ2) is 5.77. The van der Waals surface area contributed by atoms with Gasteiger partial charge in [0.05, 0.1) is 11.4 Å². The SMILES string of the molecule is Cc1nn2c(-c3ccccc3)c(C#N)c(=O)[nH]c2c1-c1ccccc1. The van der Waals surface area contributed by atoms with E-state index in [1.807, 2.05) is 73.7 Å². The summed E-state index contributed by atoms with van der Waals surface area (Å²) in [4.78, 5) is 15.4. The third-order valence-electron chi connectivity index (χ3n) is 4.19. The third kappa shape index (κ3) is 2.32. The Morgan fingerprint density at radius 1 is 1.00 bits per heavy atom. The molecule has 4 aromatic rings. The number of hydrogen-bond acceptors (Lipinski definition) is 3. The van der Waals surface area contributed by atoms with Crippen LogP contribution in [0.2, 0.25) is 0 Å². The zero-order valence-corrected chi connectivity index (χ0v) is 13.5. The highest BCUT2D eigenvalue weighted by atomic mass is 16.1. The lowest BCUT2D eigenvalue weighted by molar-refractivity contribution is 0.914. The number of aromatic nitrogens is 3. The fourth-order valence-electron chi connectivity index (χ4n) is 3.10. The number of fused-ring (bicyclic) bond motifs is 1. The number of aromatic amines is 1. The molecule has 4 rings (SSSR count). The van der Waals surface area contributed by atoms with Gasteiger partial charge in [0.2, 0.25) is 0 Å². The van der Waals surface area contributed by atoms with Crippen LogP contribution in [0.5, 0.6) is 0 Å². The Bertz CT molecular complexity index is 1170. The summed E-state index contributed by atoms with van der Waals surface area (Å²) in [6, 6.07) is 21.2. The van der Waals surface area contributed by atoms with Crippen LogP contribution in [0.3, 0.4) is 0 Å². The van der Waals surface area contributed by atoms with Gasteiger partial charge in [-0.15, -0.1) is 0 Å². The molecule has 25 heavy (non-hydrogen) atoms. The first-order valence-corrected chi connectivity index (χ1v) is 7.87. The molecule has 0 bridgehead atoms. The molecule has 0 aliphatic heterocycles. The Labute approximate surface area is 143 Å². The molecule has 0 atom stereocenters. The highest BCUT2D eigenvalue weighted by Gasteiger charge is 2.20. The van der Waals surface area contributed by atoms with Crippen molar-refractivity contribution >= 4 is 5.65 Å². The van der Waals surface area contributed by atoms with Crippen molar-refractivity contribution < 1.29 is 0 Å². The minimum absolute atomic E-state index is 0.0563. The Morgan fingerprint density at radius 3 is 2.20 bits per heavy atom. The topological polar surface area (TPSA) is 74.0 Å². The van der Waals surface area contributed by atoms with Crippen LogP contribution in [-0.4, -0.2) is 14.6 Å². The predicted octanol–water partition coefficient (Wildman–Crippen LogP) is 3.54. The van der Waals surface area contributed by atoms with Crippen molar-refractivity contribution in [2.45, 2.75) is 6.92 Å². The van der Waals surface area contributed by atoms with E-state index in [0.717, 1.165) is 22.4 Å². The van der Waals surface area contributed by atoms with E-state index in [4.69, 9.17) is 0 Å². The van der Waals surface area contributed by atoms with Gasteiger partial charge >= 0.3 is 0 Å². The molecule has 120 valence electrons. The van der Waals surface area contributed by atoms with Gasteiger partial charge in [-0.3, -0.25) is 4.79 Å². The number of benzene rings is 2. The van der Waals surface area contributed by atoms with E-state index < -0.39 is 5.56 Å². The Kier molecular flexibility index (Phi) is 3.44. The molecule has 2 heterocycles. The fraction of sp³-hybridized carbons (Fsp3) is 0.0500. The number of nitrogens with zero attached hydrogens (tertiary/aromatic N) is 3. The van der Waals surface area contributed by atoms with Crippen LogP contribution in [0.4, 0.5) is 0 Å². The summed E-state index contributed by atoms with van der Waals surface area (Å²) < 4.78 is 1.66. The molecule has 0 aliphatic rings. The van der Waals surface area contributed by atoms with Crippen molar-refractivity contribution in [2.75, 3.05) is 0 Å². The van der Waals surface area contributed by atoms with E-state index >= 15 is 0 Å². The summed E-state index contributed by atoms with van der Waals surface area (Å²) in [6.07, 6.45) is 0. The minimum Gasteiger partial charge on any atom is -0.305 e. The van der Waals surface area contributed by atoms with Gasteiger partial charge in [0.15, 0.2) is 0 Å². The van der Waals surface area contributed by atoms with E-state index in [1.54, 1.807) is 4.52 Å². The quantitative estimate of drug-likeness (QED) is 0.612. The second-order valence-electron chi connectivity index (χ2n) is 5.74. The van der Waals surface area contributed by atoms with Crippen molar-refractivity contribution in [3.8, 4) is 28.5 Å². The average Bonchev–Trinajstić information content (AvgIpc) is 2.97. The van der Waals surface area contributed by atoms with E-state index in [1.165, 1.54) is 0 Å². The summed E-state index contributed by atoms with van der Waals surface area (Å²) in [5, 5.41) is 14.1. The number of nitrogens with one attached hydrogen (secondary N) is 1. The maximum Gasteiger partial charge on any atom is 0.269 e. The maximum absolute atomic E-state index is 12.5. The molecule has 2 aromatic heterocycles. The minimum atomic E-state index is -0.411. The monoisotopic (exact) mass is 326 g/mol. The van der Waals surface area contributed by atoms with Crippen LogP contribution in [0.1, 0.15) is 11.3 Å². The van der Waals surface area contributed by atoms with Gasteiger partial charge in [-0.1, -0.05) is 60.7 Å². The zero-order chi connectivity index (χ0) is 17.4. The highest BCUT2D eigenvalue weighted by molar-refractivity contribution is 5.82. The third-order valence-corrected chi connectivity index (χ3v) is 4.19. The van der Waals surface area contributed by atoms with Gasteiger partial charge in [-0.2, -0.15) is 10.4 Å². The average molecular weight is 326 g/mol. The predicted molar refractivity (Wildman–Crippen MR) is 96.1 cm³/mol. The molecule has 0 spiro atoms. The second-order valence-corrected chi connectivity index (χ2v) is 5.74. The van der Waals surface area contributed by atoms with E-state index in [0.29, 0.717) is 11.3 Å². The summed E-state index contributed by atoms with van der Waals surface area (Å²) in [5.41, 5.74) is 4.13. The maximum atomic E-state index is 12.5. The van der Waals surface area contributed by atoms with Crippen molar-refractivity contribution in [2.24, 2.45) is 0 Å². The van der Waals surface area contributed by atoms with Crippen LogP contribution < -0.4 is 5.56 Å². The molecule has 0 amide bonds. The number of aryl methyl sites for hydroxylation is 1. The highest BCUT2D eigenvalue weighted by Crippen LogP contribution is 2.30. The number of rotatable bonds is 2. The van der Waals surface area contributed by atoms with Crippen LogP contribution in [-0.2, 0) is 0 Å². The van der Waals surface area contributed by atoms with E-state index in [9.17, 15) is 10.1 Å². The molecule has 0 aliphatic carbocycles. The summed E-state index contributed by atoms with van der Waals surface area (Å²) in [5.74, 6) is 0. The van der Waals surface area contributed by atoms with Crippen molar-refractivity contribution in [1.82, 2.24) is 14.6 Å². The summed E-state index contributed by atoms with van der Waals surface area (Å²) in [7, 11) is 0. The molecule has 0 saturated carbocycles. The van der Waals surface area contributed by atoms with Crippen LogP contribution >= 0.6 is 0 Å². The number of hydrogen-bond donors (Lipinski definition) is 1. The number of nitriles is 1. The molecule has 2 aromatic carbocycles. The Hall–Kier alpha value is -3.65. The lowest BCUT2D eigenvalue weighted by atomic mass is 10.1. The van der Waals surface area contributed by atoms with Crippen molar-refractivity contribution in [3.05, 3.63) is 82.3 Å². The Morgan fingerprint density at radius 2 is 1.60 bits per heavy atom. The molecule has 0 unspecified atom stereocenters. The number of H-pyrrole nitrogens is 1. The first-order valence-electron chi connectivity index (χ1n) is 7.87. The standard InChI is InChI=1S/C20H14N4O/c1-13-17(14-8-4-2-5-9-14)19-22-20(25)16(12-21)18(24(19)23-13)15-10-6-3-7-11-15/h2-11H,1H3,(H,22,25). The van der Waals surface area contributed by atoms with E-state index in [-0.39, 0.29) is 5.56 Å². The van der Waals surface area contributed by atoms with Crippen LogP contribution in [0.15, 0.2) is 65.5 Å². The van der Waals surface area contributed by atoms with Crippen molar-refractivity contribution in [3.63, 3.8) is 0 Å². The first kappa shape index (κ1) is 14.9. The van der Waals surface area contributed by atoms with Gasteiger partial charge in [0.25, 0.3) is 5.56 Å². The molecule has 1 N–H and O–H groups in total. The van der Waals surface area contributed by atoms with Crippen LogP contribution in [0, 0.1) is 18.3 Å². The van der Waals surface area contributed by atoms with E-state index in [2.05, 4.69) is 10.1 Å². The van der Waals surface area contributed by atoms with Crippen molar-refractivity contribution in [1.29, 1.82) is 5.26 Å². The summed E-state index contributed by atoms with van der Waals surface area (Å²) in [6.45, 7) is 1.90. The molecule has 5 heteroatoms. The molecular formula is C20H14N4O. The summed E-state index contributed by atoms with van der Waals surface area (Å²) >= 11 is 0. The van der Waals surface area contributed by atoms with Gasteiger partial charge < -0.3 is 4.98 Å². The fourth-order valence-corrected chi connectivity index (χ4v) is 3.10. The molecule has 0 fully saturated rings. The smallest absolute Gasteiger partial charge is 0.269 e. The zero-order valence-electron chi connectivity index (χ0n) is 13.5. The normalized spacial score (nSPS) is 10.7. The van der Waals surface area contributed by atoms with Crippen LogP contribution in [0.25, 0.3) is 28.0 Å². The lowest BCUT2D eigenvalue weighted by Gasteiger charge is -2.07. The molecule has 0 saturated heterocycles. The Balaban J connectivity index is 2.16. The van der Waals surface area contributed by atoms with Gasteiger partial charge in [0.1, 0.15) is 17.3 Å².